The molecule has 0 saturated heterocycles. The van der Waals surface area contributed by atoms with Crippen LogP contribution in [-0.4, -0.2) is 26.6 Å². The van der Waals surface area contributed by atoms with Gasteiger partial charge in [-0.25, -0.2) is 4.98 Å². The van der Waals surface area contributed by atoms with Crippen molar-refractivity contribution >= 4 is 16.7 Å². The van der Waals surface area contributed by atoms with Crippen LogP contribution in [0.4, 0.5) is 5.13 Å². The Labute approximate surface area is 113 Å². The largest absolute Gasteiger partial charge is 0.388 e. The highest BCUT2D eigenvalue weighted by atomic mass is 32.1. The van der Waals surface area contributed by atoms with Crippen molar-refractivity contribution < 1.29 is 5.11 Å². The molecule has 1 fully saturated rings. The van der Waals surface area contributed by atoms with Gasteiger partial charge >= 0.3 is 0 Å². The number of aromatic nitrogens is 2. The standard InChI is InChI=1S/C13H23N3OS/c1-3-10-5-7-13(17,8-6-10)9-14-12-15-11(4-2)16-18-12/h10,17H,3-9H2,1-2H3,(H,14,15,16). The van der Waals surface area contributed by atoms with Crippen molar-refractivity contribution in [1.29, 1.82) is 0 Å². The second kappa shape index (κ2) is 5.97. The van der Waals surface area contributed by atoms with Gasteiger partial charge in [0.15, 0.2) is 0 Å². The van der Waals surface area contributed by atoms with E-state index in [1.807, 2.05) is 6.92 Å². The van der Waals surface area contributed by atoms with Crippen LogP contribution in [0.3, 0.4) is 0 Å². The lowest BCUT2D eigenvalue weighted by Gasteiger charge is -2.35. The van der Waals surface area contributed by atoms with E-state index in [2.05, 4.69) is 21.6 Å². The summed E-state index contributed by atoms with van der Waals surface area (Å²) in [6, 6.07) is 0. The normalized spacial score (nSPS) is 28.3. The number of hydrogen-bond acceptors (Lipinski definition) is 5. The van der Waals surface area contributed by atoms with Crippen LogP contribution in [0.1, 0.15) is 51.8 Å². The maximum Gasteiger partial charge on any atom is 0.202 e. The molecule has 0 spiro atoms. The minimum atomic E-state index is -0.552. The lowest BCUT2D eigenvalue weighted by atomic mass is 9.78. The number of nitrogens with zero attached hydrogens (tertiary/aromatic N) is 2. The van der Waals surface area contributed by atoms with Gasteiger partial charge in [-0.05, 0) is 31.6 Å². The van der Waals surface area contributed by atoms with Crippen LogP contribution < -0.4 is 5.32 Å². The first-order chi connectivity index (χ1) is 8.65. The summed E-state index contributed by atoms with van der Waals surface area (Å²) in [5.41, 5.74) is -0.552. The number of nitrogens with one attached hydrogen (secondary N) is 1. The first kappa shape index (κ1) is 13.7. The van der Waals surface area contributed by atoms with E-state index in [9.17, 15) is 5.11 Å². The number of aryl methyl sites for hydroxylation is 1. The van der Waals surface area contributed by atoms with E-state index in [0.29, 0.717) is 6.54 Å². The van der Waals surface area contributed by atoms with Gasteiger partial charge in [-0.2, -0.15) is 4.37 Å². The maximum absolute atomic E-state index is 10.5. The molecule has 4 nitrogen and oxygen atoms in total. The summed E-state index contributed by atoms with van der Waals surface area (Å²) in [4.78, 5) is 4.36. The molecule has 1 heterocycles. The van der Waals surface area contributed by atoms with Crippen LogP contribution >= 0.6 is 11.5 Å². The molecule has 0 radical (unpaired) electrons. The fourth-order valence-electron chi connectivity index (χ4n) is 2.51. The zero-order valence-corrected chi connectivity index (χ0v) is 12.1. The second-order valence-electron chi connectivity index (χ2n) is 5.30. The van der Waals surface area contributed by atoms with Crippen LogP contribution in [-0.2, 0) is 6.42 Å². The Morgan fingerprint density at radius 1 is 1.39 bits per heavy atom. The predicted molar refractivity (Wildman–Crippen MR) is 75.0 cm³/mol. The minimum absolute atomic E-state index is 0.552. The Hall–Kier alpha value is -0.680. The molecule has 2 N–H and O–H groups in total. The number of anilines is 1. The van der Waals surface area contributed by atoms with E-state index in [0.717, 1.165) is 49.0 Å². The van der Waals surface area contributed by atoms with Crippen LogP contribution in [0.5, 0.6) is 0 Å². The molecule has 102 valence electrons. The molecule has 5 heteroatoms. The summed E-state index contributed by atoms with van der Waals surface area (Å²) >= 11 is 1.38. The van der Waals surface area contributed by atoms with E-state index >= 15 is 0 Å². The van der Waals surface area contributed by atoms with Gasteiger partial charge in [0.1, 0.15) is 5.82 Å². The fourth-order valence-corrected chi connectivity index (χ4v) is 3.15. The van der Waals surface area contributed by atoms with Gasteiger partial charge in [0, 0.05) is 24.5 Å². The monoisotopic (exact) mass is 269 g/mol. The lowest BCUT2D eigenvalue weighted by Crippen LogP contribution is -2.40. The zero-order valence-electron chi connectivity index (χ0n) is 11.3. The SMILES string of the molecule is CCc1nsc(NCC2(O)CCC(CC)CC2)n1. The van der Waals surface area contributed by atoms with Crippen LogP contribution in [0.2, 0.25) is 0 Å². The Morgan fingerprint density at radius 3 is 2.67 bits per heavy atom. The Bertz CT molecular complexity index is 372. The maximum atomic E-state index is 10.5. The fraction of sp³-hybridized carbons (Fsp3) is 0.846. The van der Waals surface area contributed by atoms with Crippen LogP contribution in [0.15, 0.2) is 0 Å². The van der Waals surface area contributed by atoms with Gasteiger partial charge in [-0.1, -0.05) is 20.3 Å². The minimum Gasteiger partial charge on any atom is -0.388 e. The molecule has 1 aromatic heterocycles. The van der Waals surface area contributed by atoms with Gasteiger partial charge in [0.05, 0.1) is 5.60 Å². The highest BCUT2D eigenvalue weighted by Crippen LogP contribution is 2.33. The smallest absolute Gasteiger partial charge is 0.202 e. The lowest BCUT2D eigenvalue weighted by molar-refractivity contribution is 0.00229. The predicted octanol–water partition coefficient (Wildman–Crippen LogP) is 2.84. The third-order valence-corrected chi connectivity index (χ3v) is 4.68. The van der Waals surface area contributed by atoms with Gasteiger partial charge in [0.2, 0.25) is 5.13 Å². The Balaban J connectivity index is 1.82. The van der Waals surface area contributed by atoms with Crippen molar-refractivity contribution in [3.05, 3.63) is 5.82 Å². The van der Waals surface area contributed by atoms with E-state index in [4.69, 9.17) is 0 Å². The Morgan fingerprint density at radius 2 is 2.11 bits per heavy atom. The molecule has 0 aromatic carbocycles. The van der Waals surface area contributed by atoms with Gasteiger partial charge in [-0.3, -0.25) is 0 Å². The molecule has 18 heavy (non-hydrogen) atoms. The second-order valence-corrected chi connectivity index (χ2v) is 6.05. The average Bonchev–Trinajstić information content (AvgIpc) is 2.86. The summed E-state index contributed by atoms with van der Waals surface area (Å²) in [5, 5.41) is 14.6. The molecule has 0 bridgehead atoms. The molecule has 1 aliphatic rings. The van der Waals surface area contributed by atoms with E-state index in [-0.39, 0.29) is 0 Å². The topological polar surface area (TPSA) is 58.0 Å². The van der Waals surface area contributed by atoms with Crippen LogP contribution in [0.25, 0.3) is 0 Å². The molecular formula is C13H23N3OS. The van der Waals surface area contributed by atoms with E-state index in [1.54, 1.807) is 0 Å². The van der Waals surface area contributed by atoms with Gasteiger partial charge < -0.3 is 10.4 Å². The first-order valence-corrected chi connectivity index (χ1v) is 7.71. The highest BCUT2D eigenvalue weighted by Gasteiger charge is 2.32. The Kier molecular flexibility index (Phi) is 4.56. The summed E-state index contributed by atoms with van der Waals surface area (Å²) < 4.78 is 4.23. The van der Waals surface area contributed by atoms with Gasteiger partial charge in [-0.15, -0.1) is 0 Å². The molecule has 2 rings (SSSR count). The third kappa shape index (κ3) is 3.42. The average molecular weight is 269 g/mol. The van der Waals surface area contributed by atoms with Crippen molar-refractivity contribution in [2.75, 3.05) is 11.9 Å². The van der Waals surface area contributed by atoms with Crippen LogP contribution in [0, 0.1) is 5.92 Å². The summed E-state index contributed by atoms with van der Waals surface area (Å²) in [6.45, 7) is 4.88. The number of rotatable bonds is 5. The molecule has 1 aromatic rings. The quantitative estimate of drug-likeness (QED) is 0.863. The van der Waals surface area contributed by atoms with Crippen molar-refractivity contribution in [2.24, 2.45) is 5.92 Å². The zero-order chi connectivity index (χ0) is 13.0. The highest BCUT2D eigenvalue weighted by molar-refractivity contribution is 7.09. The number of aliphatic hydroxyl groups is 1. The first-order valence-electron chi connectivity index (χ1n) is 6.94. The van der Waals surface area contributed by atoms with Crippen molar-refractivity contribution in [3.63, 3.8) is 0 Å². The molecule has 0 amide bonds. The molecule has 0 atom stereocenters. The third-order valence-electron chi connectivity index (χ3n) is 3.97. The molecule has 0 unspecified atom stereocenters. The summed E-state index contributed by atoms with van der Waals surface area (Å²) in [6.07, 6.45) is 6.19. The molecule has 1 saturated carbocycles. The molecular weight excluding hydrogens is 246 g/mol. The summed E-state index contributed by atoms with van der Waals surface area (Å²) in [5.74, 6) is 1.68. The molecule has 1 aliphatic carbocycles. The molecule has 0 aliphatic heterocycles. The summed E-state index contributed by atoms with van der Waals surface area (Å²) in [7, 11) is 0. The van der Waals surface area contributed by atoms with E-state index in [1.165, 1.54) is 18.0 Å². The van der Waals surface area contributed by atoms with Crippen molar-refractivity contribution in [1.82, 2.24) is 9.36 Å². The number of hydrogen-bond donors (Lipinski definition) is 2. The van der Waals surface area contributed by atoms with Gasteiger partial charge in [0.25, 0.3) is 0 Å². The van der Waals surface area contributed by atoms with E-state index < -0.39 is 5.60 Å². The van der Waals surface area contributed by atoms with Crippen molar-refractivity contribution in [2.45, 2.75) is 58.0 Å². The van der Waals surface area contributed by atoms with Crippen molar-refractivity contribution in [3.8, 4) is 0 Å².